The minimum atomic E-state index is -0.826. The van der Waals surface area contributed by atoms with Crippen LogP contribution in [-0.4, -0.2) is 63.4 Å². The van der Waals surface area contributed by atoms with E-state index < -0.39 is 28.9 Å². The van der Waals surface area contributed by atoms with Crippen LogP contribution in [0.5, 0.6) is 0 Å². The molecule has 2 aliphatic heterocycles. The quantitative estimate of drug-likeness (QED) is 0.240. The van der Waals surface area contributed by atoms with Gasteiger partial charge in [-0.15, -0.1) is 0 Å². The number of carbonyl (C=O) groups excluding carboxylic acids is 2. The molecule has 1 N–H and O–H groups in total. The van der Waals surface area contributed by atoms with Crippen molar-refractivity contribution in [3.63, 3.8) is 0 Å². The number of pyridine rings is 2. The monoisotopic (exact) mass is 645 g/mol. The van der Waals surface area contributed by atoms with E-state index in [4.69, 9.17) is 14.5 Å². The lowest BCUT2D eigenvalue weighted by Crippen LogP contribution is -2.57. The lowest BCUT2D eigenvalue weighted by atomic mass is 9.96. The number of piperazine rings is 1. The summed E-state index contributed by atoms with van der Waals surface area (Å²) in [6.45, 7) is 15.3. The molecule has 47 heavy (non-hydrogen) atoms. The smallest absolute Gasteiger partial charge is 0.412 e. The molecule has 6 rings (SSSR count). The van der Waals surface area contributed by atoms with Crippen LogP contribution in [0, 0.1) is 25.5 Å². The predicted molar refractivity (Wildman–Crippen MR) is 179 cm³/mol. The van der Waals surface area contributed by atoms with E-state index in [0.717, 1.165) is 12.8 Å². The summed E-state index contributed by atoms with van der Waals surface area (Å²) < 4.78 is 44.3. The SMILES string of the molecule is Cc1nc(N2CC3CCC(C2)N3C(=O)OC(C)(C)C)c2cnc(-c3c(F)c(NC(=O)OC(C)(C)C)cc4ccccc34)c(F)c2c1C. The van der Waals surface area contributed by atoms with Crippen LogP contribution in [0.3, 0.4) is 0 Å². The predicted octanol–water partition coefficient (Wildman–Crippen LogP) is 8.28. The van der Waals surface area contributed by atoms with E-state index in [1.807, 2.05) is 32.6 Å². The van der Waals surface area contributed by atoms with E-state index >= 15 is 8.78 Å². The Morgan fingerprint density at radius 2 is 1.55 bits per heavy atom. The van der Waals surface area contributed by atoms with Crippen LogP contribution in [0.4, 0.5) is 29.9 Å². The van der Waals surface area contributed by atoms with Gasteiger partial charge >= 0.3 is 12.2 Å². The Morgan fingerprint density at radius 3 is 2.19 bits per heavy atom. The van der Waals surface area contributed by atoms with E-state index in [-0.39, 0.29) is 35.1 Å². The van der Waals surface area contributed by atoms with Gasteiger partial charge in [-0.25, -0.2) is 23.4 Å². The maximum Gasteiger partial charge on any atom is 0.412 e. The fourth-order valence-corrected chi connectivity index (χ4v) is 6.67. The Morgan fingerprint density at radius 1 is 0.915 bits per heavy atom. The summed E-state index contributed by atoms with van der Waals surface area (Å²) in [6, 6.07) is 8.35. The molecule has 2 fully saturated rings. The Hall–Kier alpha value is -4.54. The van der Waals surface area contributed by atoms with Crippen molar-refractivity contribution in [3.8, 4) is 11.3 Å². The fraction of sp³-hybridized carbons (Fsp3) is 0.444. The van der Waals surface area contributed by atoms with Gasteiger partial charge in [0.25, 0.3) is 0 Å². The van der Waals surface area contributed by atoms with Gasteiger partial charge in [0.05, 0.1) is 17.8 Å². The number of rotatable bonds is 3. The molecule has 2 saturated heterocycles. The maximum absolute atomic E-state index is 16.9. The number of anilines is 2. The number of aryl methyl sites for hydroxylation is 2. The number of hydrogen-bond acceptors (Lipinski definition) is 7. The number of ether oxygens (including phenoxy) is 2. The number of nitrogens with one attached hydrogen (secondary N) is 1. The number of hydrogen-bond donors (Lipinski definition) is 1. The molecule has 2 aliphatic rings. The summed E-state index contributed by atoms with van der Waals surface area (Å²) in [6.07, 6.45) is 2.07. The molecule has 0 aliphatic carbocycles. The van der Waals surface area contributed by atoms with Gasteiger partial charge in [0.1, 0.15) is 22.7 Å². The molecule has 2 aromatic heterocycles. The summed E-state index contributed by atoms with van der Waals surface area (Å²) >= 11 is 0. The molecule has 0 saturated carbocycles. The third-order valence-electron chi connectivity index (χ3n) is 8.70. The zero-order valence-electron chi connectivity index (χ0n) is 28.1. The van der Waals surface area contributed by atoms with Gasteiger partial charge < -0.3 is 14.4 Å². The Bertz CT molecular complexity index is 1900. The Balaban J connectivity index is 1.43. The van der Waals surface area contributed by atoms with Crippen molar-refractivity contribution in [2.75, 3.05) is 23.3 Å². The number of aromatic nitrogens is 2. The van der Waals surface area contributed by atoms with Crippen molar-refractivity contribution in [3.05, 3.63) is 59.4 Å². The van der Waals surface area contributed by atoms with Crippen LogP contribution in [-0.2, 0) is 9.47 Å². The van der Waals surface area contributed by atoms with E-state index in [2.05, 4.69) is 15.2 Å². The van der Waals surface area contributed by atoms with Gasteiger partial charge in [-0.2, -0.15) is 0 Å². The van der Waals surface area contributed by atoms with Crippen molar-refractivity contribution in [1.82, 2.24) is 14.9 Å². The number of halogens is 2. The molecule has 4 aromatic rings. The van der Waals surface area contributed by atoms with Gasteiger partial charge in [0.15, 0.2) is 11.6 Å². The Labute approximate surface area is 273 Å². The van der Waals surface area contributed by atoms with Crippen molar-refractivity contribution in [2.24, 2.45) is 0 Å². The molecular formula is C36H41F2N5O4. The molecule has 2 amide bonds. The molecule has 248 valence electrons. The number of benzene rings is 2. The summed E-state index contributed by atoms with van der Waals surface area (Å²) in [5, 5.41) is 4.35. The first kappa shape index (κ1) is 32.4. The van der Waals surface area contributed by atoms with Gasteiger partial charge in [-0.05, 0) is 90.6 Å². The second-order valence-electron chi connectivity index (χ2n) is 14.5. The van der Waals surface area contributed by atoms with Crippen molar-refractivity contribution < 1.29 is 27.8 Å². The number of nitrogens with zero attached hydrogens (tertiary/aromatic N) is 4. The van der Waals surface area contributed by atoms with Crippen LogP contribution in [0.2, 0.25) is 0 Å². The highest BCUT2D eigenvalue weighted by atomic mass is 19.1. The highest BCUT2D eigenvalue weighted by Crippen LogP contribution is 2.41. The molecule has 2 unspecified atom stereocenters. The van der Waals surface area contributed by atoms with Crippen LogP contribution in [0.15, 0.2) is 36.5 Å². The van der Waals surface area contributed by atoms with Crippen LogP contribution in [0.1, 0.15) is 65.6 Å². The lowest BCUT2D eigenvalue weighted by Gasteiger charge is -2.42. The zero-order chi connectivity index (χ0) is 34.0. The lowest BCUT2D eigenvalue weighted by molar-refractivity contribution is 0.0122. The second-order valence-corrected chi connectivity index (χ2v) is 14.5. The van der Waals surface area contributed by atoms with Gasteiger partial charge in [-0.1, -0.05) is 24.3 Å². The number of carbonyl (C=O) groups is 2. The average molecular weight is 646 g/mol. The standard InChI is InChI=1S/C36H41F2N5O4/c1-19-20(2)40-32(42-17-22-13-14-23(18-42)43(22)34(45)47-36(6,7)8)25-16-39-31(30(38)27(19)25)28-24-12-10-9-11-21(24)15-26(29(28)37)41-33(44)46-35(3,4)5/h9-12,15-16,22-23H,13-14,17-18H2,1-8H3,(H,41,44). The van der Waals surface area contributed by atoms with Crippen LogP contribution in [0.25, 0.3) is 32.8 Å². The van der Waals surface area contributed by atoms with E-state index in [1.165, 1.54) is 6.07 Å². The van der Waals surface area contributed by atoms with Crippen molar-refractivity contribution in [1.29, 1.82) is 0 Å². The van der Waals surface area contributed by atoms with E-state index in [1.54, 1.807) is 58.2 Å². The largest absolute Gasteiger partial charge is 0.444 e. The first-order valence-corrected chi connectivity index (χ1v) is 16.0. The maximum atomic E-state index is 16.9. The minimum Gasteiger partial charge on any atom is -0.444 e. The number of amides is 2. The van der Waals surface area contributed by atoms with Crippen molar-refractivity contribution in [2.45, 2.75) is 91.5 Å². The first-order valence-electron chi connectivity index (χ1n) is 16.0. The minimum absolute atomic E-state index is 0.0620. The molecule has 4 heterocycles. The molecule has 2 bridgehead atoms. The third-order valence-corrected chi connectivity index (χ3v) is 8.70. The Kier molecular flexibility index (Phi) is 8.00. The van der Waals surface area contributed by atoms with E-state index in [9.17, 15) is 9.59 Å². The summed E-state index contributed by atoms with van der Waals surface area (Å²) in [5.41, 5.74) is -0.521. The molecule has 11 heteroatoms. The summed E-state index contributed by atoms with van der Waals surface area (Å²) in [5.74, 6) is -0.924. The van der Waals surface area contributed by atoms with E-state index in [0.29, 0.717) is 51.7 Å². The first-order chi connectivity index (χ1) is 22.0. The topological polar surface area (TPSA) is 96.9 Å². The van der Waals surface area contributed by atoms with Crippen molar-refractivity contribution >= 4 is 45.2 Å². The van der Waals surface area contributed by atoms with Gasteiger partial charge in [0, 0.05) is 41.3 Å². The highest BCUT2D eigenvalue weighted by Gasteiger charge is 2.45. The normalized spacial score (nSPS) is 18.2. The molecule has 2 aromatic carbocycles. The molecule has 0 radical (unpaired) electrons. The zero-order valence-corrected chi connectivity index (χ0v) is 28.1. The molecule has 0 spiro atoms. The fourth-order valence-electron chi connectivity index (χ4n) is 6.67. The highest BCUT2D eigenvalue weighted by molar-refractivity contribution is 6.04. The van der Waals surface area contributed by atoms with Crippen LogP contribution >= 0.6 is 0 Å². The number of fused-ring (bicyclic) bond motifs is 4. The van der Waals surface area contributed by atoms with Gasteiger partial charge in [-0.3, -0.25) is 15.2 Å². The third kappa shape index (κ3) is 6.15. The summed E-state index contributed by atoms with van der Waals surface area (Å²) in [4.78, 5) is 39.0. The second kappa shape index (κ2) is 11.6. The molecule has 2 atom stereocenters. The molecular weight excluding hydrogens is 604 g/mol. The van der Waals surface area contributed by atoms with Crippen LogP contribution < -0.4 is 10.2 Å². The van der Waals surface area contributed by atoms with Gasteiger partial charge in [0.2, 0.25) is 0 Å². The molecule has 9 nitrogen and oxygen atoms in total. The summed E-state index contributed by atoms with van der Waals surface area (Å²) in [7, 11) is 0. The average Bonchev–Trinajstić information content (AvgIpc) is 3.23.